The van der Waals surface area contributed by atoms with Gasteiger partial charge in [0.2, 0.25) is 0 Å². The summed E-state index contributed by atoms with van der Waals surface area (Å²) in [6.45, 7) is 13.1. The van der Waals surface area contributed by atoms with Gasteiger partial charge in [0.25, 0.3) is 0 Å². The topological polar surface area (TPSA) is 33.1 Å². The van der Waals surface area contributed by atoms with E-state index in [9.17, 15) is 0 Å². The van der Waals surface area contributed by atoms with E-state index >= 15 is 0 Å². The van der Waals surface area contributed by atoms with Crippen molar-refractivity contribution >= 4 is 23.0 Å². The zero-order valence-electron chi connectivity index (χ0n) is 21.3. The van der Waals surface area contributed by atoms with Crippen molar-refractivity contribution in [1.82, 2.24) is 14.9 Å². The van der Waals surface area contributed by atoms with Crippen molar-refractivity contribution < 1.29 is 0 Å². The average molecular weight is 481 g/mol. The third-order valence-corrected chi connectivity index (χ3v) is 7.37. The number of anilines is 1. The first kappa shape index (κ1) is 23.3. The molecule has 0 radical (unpaired) electrons. The second-order valence-corrected chi connectivity index (χ2v) is 10.1. The Kier molecular flexibility index (Phi) is 5.97. The van der Waals surface area contributed by atoms with Crippen molar-refractivity contribution in [1.29, 1.82) is 0 Å². The van der Waals surface area contributed by atoms with Crippen LogP contribution in [0.1, 0.15) is 57.0 Å². The van der Waals surface area contributed by atoms with Gasteiger partial charge in [-0.25, -0.2) is 0 Å². The molecule has 0 saturated carbocycles. The van der Waals surface area contributed by atoms with Crippen LogP contribution in [-0.4, -0.2) is 14.7 Å². The molecule has 0 bridgehead atoms. The number of hydrogen-bond acceptors (Lipinski definition) is 2. The summed E-state index contributed by atoms with van der Waals surface area (Å²) in [4.78, 5) is 6.97. The molecular formula is C30H32N4S. The summed E-state index contributed by atoms with van der Waals surface area (Å²) < 4.78 is 2.41. The van der Waals surface area contributed by atoms with E-state index in [1.807, 2.05) is 18.3 Å². The van der Waals surface area contributed by atoms with Gasteiger partial charge in [0.1, 0.15) is 0 Å². The molecule has 0 spiro atoms. The van der Waals surface area contributed by atoms with Gasteiger partial charge < -0.3 is 14.8 Å². The fraction of sp³-hybridized carbons (Fsp3) is 0.267. The fourth-order valence-electron chi connectivity index (χ4n) is 5.61. The van der Waals surface area contributed by atoms with Crippen LogP contribution < -0.4 is 10.2 Å². The molecule has 4 nitrogen and oxygen atoms in total. The number of aromatic nitrogens is 2. The van der Waals surface area contributed by atoms with Crippen LogP contribution in [0.4, 0.5) is 5.69 Å². The monoisotopic (exact) mass is 480 g/mol. The van der Waals surface area contributed by atoms with Crippen LogP contribution in [0.5, 0.6) is 0 Å². The van der Waals surface area contributed by atoms with E-state index < -0.39 is 0 Å². The van der Waals surface area contributed by atoms with Gasteiger partial charge in [-0.1, -0.05) is 41.5 Å². The molecule has 1 N–H and O–H groups in total. The van der Waals surface area contributed by atoms with Crippen molar-refractivity contribution in [2.45, 2.75) is 53.6 Å². The number of benzene rings is 2. The van der Waals surface area contributed by atoms with Crippen molar-refractivity contribution in [3.05, 3.63) is 112 Å². The summed E-state index contributed by atoms with van der Waals surface area (Å²) in [7, 11) is 0. The Labute approximate surface area is 213 Å². The molecule has 35 heavy (non-hydrogen) atoms. The lowest BCUT2D eigenvalue weighted by Gasteiger charge is -2.28. The number of rotatable bonds is 4. The molecule has 4 aromatic rings. The molecule has 5 heteroatoms. The van der Waals surface area contributed by atoms with E-state index in [1.54, 1.807) is 0 Å². The Bertz CT molecular complexity index is 1380. The first-order chi connectivity index (χ1) is 16.8. The van der Waals surface area contributed by atoms with Crippen LogP contribution in [0.2, 0.25) is 0 Å². The number of nitrogens with one attached hydrogen (secondary N) is 1. The lowest BCUT2D eigenvalue weighted by molar-refractivity contribution is 0.565. The van der Waals surface area contributed by atoms with Crippen LogP contribution in [0.15, 0.2) is 66.9 Å². The van der Waals surface area contributed by atoms with Crippen molar-refractivity contribution in [2.75, 3.05) is 4.90 Å². The van der Waals surface area contributed by atoms with E-state index in [4.69, 9.17) is 17.2 Å². The Balaban J connectivity index is 1.71. The molecule has 5 rings (SSSR count). The smallest absolute Gasteiger partial charge is 0.174 e. The van der Waals surface area contributed by atoms with Gasteiger partial charge in [-0.05, 0) is 101 Å². The summed E-state index contributed by atoms with van der Waals surface area (Å²) in [6.07, 6.45) is 1.86. The number of nitrogens with zero attached hydrogens (tertiary/aromatic N) is 3. The summed E-state index contributed by atoms with van der Waals surface area (Å²) in [5, 5.41) is 4.32. The van der Waals surface area contributed by atoms with E-state index in [0.29, 0.717) is 0 Å². The summed E-state index contributed by atoms with van der Waals surface area (Å²) in [5.74, 6) is 0. The first-order valence-electron chi connectivity index (χ1n) is 12.1. The van der Waals surface area contributed by atoms with Gasteiger partial charge in [-0.3, -0.25) is 4.98 Å². The fourth-order valence-corrected chi connectivity index (χ4v) is 5.96. The number of hydrogen-bond donors (Lipinski definition) is 1. The van der Waals surface area contributed by atoms with Crippen molar-refractivity contribution in [2.24, 2.45) is 0 Å². The molecule has 1 aliphatic rings. The lowest BCUT2D eigenvalue weighted by Crippen LogP contribution is -2.29. The Hall–Kier alpha value is -3.44. The minimum absolute atomic E-state index is 0.0221. The minimum atomic E-state index is -0.0563. The largest absolute Gasteiger partial charge is 0.351 e. The summed E-state index contributed by atoms with van der Waals surface area (Å²) in [6, 6.07) is 21.5. The third-order valence-electron chi connectivity index (χ3n) is 7.06. The highest BCUT2D eigenvalue weighted by atomic mass is 32.1. The van der Waals surface area contributed by atoms with Gasteiger partial charge in [0.05, 0.1) is 23.5 Å². The summed E-state index contributed by atoms with van der Waals surface area (Å²) in [5.41, 5.74) is 12.1. The second kappa shape index (κ2) is 8.97. The van der Waals surface area contributed by atoms with E-state index in [0.717, 1.165) is 16.5 Å². The standard InChI is InChI=1S/C30H32N4S/c1-18-10-12-24(13-11-18)34-29(27(32-30(34)35)26-9-7-8-14-31-26)25-17-22(5)33(23(25)6)28-20(3)15-19(2)16-21(28)4/h7-17,27,29H,1-6H3,(H,32,35)/t27-,29-/m1/s1. The molecule has 1 fully saturated rings. The number of pyridine rings is 1. The Morgan fingerprint density at radius 2 is 1.51 bits per heavy atom. The molecule has 0 aliphatic carbocycles. The zero-order valence-corrected chi connectivity index (χ0v) is 22.1. The van der Waals surface area contributed by atoms with Crippen LogP contribution in [-0.2, 0) is 0 Å². The normalized spacial score (nSPS) is 17.7. The molecule has 178 valence electrons. The van der Waals surface area contributed by atoms with Gasteiger partial charge >= 0.3 is 0 Å². The average Bonchev–Trinajstić information content (AvgIpc) is 3.30. The maximum absolute atomic E-state index is 5.92. The van der Waals surface area contributed by atoms with Crippen LogP contribution in [0, 0.1) is 41.5 Å². The third kappa shape index (κ3) is 4.04. The van der Waals surface area contributed by atoms with Crippen LogP contribution >= 0.6 is 12.2 Å². The van der Waals surface area contributed by atoms with Gasteiger partial charge in [0.15, 0.2) is 5.11 Å². The Morgan fingerprint density at radius 3 is 2.14 bits per heavy atom. The van der Waals surface area contributed by atoms with Gasteiger partial charge in [0, 0.05) is 23.3 Å². The van der Waals surface area contributed by atoms with Crippen molar-refractivity contribution in [3.8, 4) is 5.69 Å². The van der Waals surface area contributed by atoms with Crippen LogP contribution in [0.25, 0.3) is 5.69 Å². The molecule has 2 aromatic heterocycles. The summed E-state index contributed by atoms with van der Waals surface area (Å²) >= 11 is 5.92. The van der Waals surface area contributed by atoms with Gasteiger partial charge in [-0.2, -0.15) is 0 Å². The highest BCUT2D eigenvalue weighted by molar-refractivity contribution is 7.80. The van der Waals surface area contributed by atoms with Gasteiger partial charge in [-0.15, -0.1) is 0 Å². The minimum Gasteiger partial charge on any atom is -0.351 e. The maximum atomic E-state index is 5.92. The molecule has 0 amide bonds. The number of aryl methyl sites for hydroxylation is 5. The van der Waals surface area contributed by atoms with Crippen molar-refractivity contribution in [3.63, 3.8) is 0 Å². The molecule has 2 atom stereocenters. The molecular weight excluding hydrogens is 448 g/mol. The molecule has 1 saturated heterocycles. The lowest BCUT2D eigenvalue weighted by atomic mass is 9.96. The SMILES string of the molecule is Cc1ccc(N2C(=S)N[C@H](c3ccccn3)[C@H]2c2cc(C)n(-c3c(C)cc(C)cc3C)c2C)cc1. The predicted octanol–water partition coefficient (Wildman–Crippen LogP) is 6.90. The first-order valence-corrected chi connectivity index (χ1v) is 12.5. The molecule has 3 heterocycles. The Morgan fingerprint density at radius 1 is 0.829 bits per heavy atom. The van der Waals surface area contributed by atoms with E-state index in [1.165, 1.54) is 44.9 Å². The number of thiocarbonyl (C=S) groups is 1. The molecule has 2 aromatic carbocycles. The van der Waals surface area contributed by atoms with E-state index in [2.05, 4.69) is 105 Å². The van der Waals surface area contributed by atoms with E-state index in [-0.39, 0.29) is 12.1 Å². The predicted molar refractivity (Wildman–Crippen MR) is 149 cm³/mol. The van der Waals surface area contributed by atoms with Crippen LogP contribution in [0.3, 0.4) is 0 Å². The molecule has 1 aliphatic heterocycles. The molecule has 0 unspecified atom stereocenters. The maximum Gasteiger partial charge on any atom is 0.174 e. The second-order valence-electron chi connectivity index (χ2n) is 9.74. The zero-order chi connectivity index (χ0) is 24.9. The highest BCUT2D eigenvalue weighted by Crippen LogP contribution is 2.44. The highest BCUT2D eigenvalue weighted by Gasteiger charge is 2.42. The quantitative estimate of drug-likeness (QED) is 0.322.